The number of hydrogen-bond donors (Lipinski definition) is 1. The summed E-state index contributed by atoms with van der Waals surface area (Å²) >= 11 is 0. The van der Waals surface area contributed by atoms with Crippen LogP contribution in [0.3, 0.4) is 0 Å². The van der Waals surface area contributed by atoms with Crippen LogP contribution in [0.15, 0.2) is 42.5 Å². The van der Waals surface area contributed by atoms with Gasteiger partial charge in [-0.05, 0) is 37.0 Å². The van der Waals surface area contributed by atoms with Crippen molar-refractivity contribution in [3.8, 4) is 11.5 Å². The van der Waals surface area contributed by atoms with E-state index in [4.69, 9.17) is 9.47 Å². The standard InChI is InChI=1S/C24H31N3O6/c1-5-13-25-24(29)20(6-2)26(15-18-10-8-7-9-17(18)3)23(28)16-33-19-11-12-21(27(30)31)22(14-19)32-4/h7-12,14,20H,5-6,13,15-16H2,1-4H3,(H,25,29)/t20-/m1/s1. The molecular weight excluding hydrogens is 426 g/mol. The number of carbonyl (C=O) groups excluding carboxylic acids is 2. The van der Waals surface area contributed by atoms with Crippen molar-refractivity contribution in [3.63, 3.8) is 0 Å². The molecule has 1 atom stereocenters. The Morgan fingerprint density at radius 3 is 2.52 bits per heavy atom. The Balaban J connectivity index is 2.24. The van der Waals surface area contributed by atoms with Crippen molar-refractivity contribution in [2.45, 2.75) is 46.2 Å². The van der Waals surface area contributed by atoms with Crippen molar-refractivity contribution in [1.82, 2.24) is 10.2 Å². The number of methoxy groups -OCH3 is 1. The third kappa shape index (κ3) is 6.93. The zero-order valence-electron chi connectivity index (χ0n) is 19.5. The second kappa shape index (κ2) is 12.4. The summed E-state index contributed by atoms with van der Waals surface area (Å²) in [6.45, 7) is 6.23. The Hall–Kier alpha value is -3.62. The Labute approximate surface area is 193 Å². The lowest BCUT2D eigenvalue weighted by Gasteiger charge is -2.31. The molecule has 2 amide bonds. The van der Waals surface area contributed by atoms with Gasteiger partial charge in [0.1, 0.15) is 11.8 Å². The molecular formula is C24H31N3O6. The van der Waals surface area contributed by atoms with Gasteiger partial charge in [-0.25, -0.2) is 0 Å². The van der Waals surface area contributed by atoms with Crippen molar-refractivity contribution in [3.05, 3.63) is 63.7 Å². The van der Waals surface area contributed by atoms with E-state index in [0.717, 1.165) is 17.5 Å². The van der Waals surface area contributed by atoms with E-state index in [9.17, 15) is 19.7 Å². The normalized spacial score (nSPS) is 11.4. The second-order valence-corrected chi connectivity index (χ2v) is 7.54. The van der Waals surface area contributed by atoms with Crippen LogP contribution in [0.1, 0.15) is 37.8 Å². The van der Waals surface area contributed by atoms with Gasteiger partial charge in [0.05, 0.1) is 12.0 Å². The fraction of sp³-hybridized carbons (Fsp3) is 0.417. The predicted octanol–water partition coefficient (Wildman–Crippen LogP) is 3.62. The molecule has 1 N–H and O–H groups in total. The number of nitro groups is 1. The van der Waals surface area contributed by atoms with E-state index in [-0.39, 0.29) is 42.2 Å². The van der Waals surface area contributed by atoms with Gasteiger partial charge in [-0.3, -0.25) is 19.7 Å². The first kappa shape index (κ1) is 25.6. The van der Waals surface area contributed by atoms with E-state index < -0.39 is 11.0 Å². The highest BCUT2D eigenvalue weighted by molar-refractivity contribution is 5.88. The van der Waals surface area contributed by atoms with E-state index >= 15 is 0 Å². The lowest BCUT2D eigenvalue weighted by molar-refractivity contribution is -0.385. The van der Waals surface area contributed by atoms with Crippen molar-refractivity contribution < 1.29 is 24.0 Å². The minimum atomic E-state index is -0.654. The molecule has 0 aliphatic carbocycles. The summed E-state index contributed by atoms with van der Waals surface area (Å²) in [6.07, 6.45) is 1.23. The Morgan fingerprint density at radius 1 is 1.18 bits per heavy atom. The fourth-order valence-corrected chi connectivity index (χ4v) is 3.38. The summed E-state index contributed by atoms with van der Waals surface area (Å²) in [5.41, 5.74) is 1.75. The van der Waals surface area contributed by atoms with Crippen LogP contribution < -0.4 is 14.8 Å². The van der Waals surface area contributed by atoms with Crippen molar-refractivity contribution >= 4 is 17.5 Å². The van der Waals surface area contributed by atoms with Crippen molar-refractivity contribution in [2.75, 3.05) is 20.3 Å². The summed E-state index contributed by atoms with van der Waals surface area (Å²) in [6, 6.07) is 11.1. The highest BCUT2D eigenvalue weighted by Crippen LogP contribution is 2.30. The van der Waals surface area contributed by atoms with Gasteiger partial charge in [-0.2, -0.15) is 0 Å². The fourth-order valence-electron chi connectivity index (χ4n) is 3.38. The lowest BCUT2D eigenvalue weighted by atomic mass is 10.1. The maximum atomic E-state index is 13.2. The SMILES string of the molecule is CCCNC(=O)[C@@H](CC)N(Cc1ccccc1C)C(=O)COc1ccc([N+](=O)[O-])c(OC)c1. The molecule has 0 aliphatic heterocycles. The molecule has 0 unspecified atom stereocenters. The number of rotatable bonds is 12. The second-order valence-electron chi connectivity index (χ2n) is 7.54. The molecule has 0 radical (unpaired) electrons. The van der Waals surface area contributed by atoms with E-state index in [2.05, 4.69) is 5.32 Å². The molecule has 0 spiro atoms. The zero-order chi connectivity index (χ0) is 24.4. The van der Waals surface area contributed by atoms with Crippen LogP contribution >= 0.6 is 0 Å². The van der Waals surface area contributed by atoms with Gasteiger partial charge in [0.15, 0.2) is 6.61 Å². The minimum Gasteiger partial charge on any atom is -0.490 e. The van der Waals surface area contributed by atoms with E-state index in [1.165, 1.54) is 30.2 Å². The van der Waals surface area contributed by atoms with E-state index in [0.29, 0.717) is 13.0 Å². The molecule has 0 aromatic heterocycles. The number of hydrogen-bond acceptors (Lipinski definition) is 6. The van der Waals surface area contributed by atoms with Crippen molar-refractivity contribution in [1.29, 1.82) is 0 Å². The first-order valence-electron chi connectivity index (χ1n) is 10.9. The number of nitrogens with one attached hydrogen (secondary N) is 1. The van der Waals surface area contributed by atoms with Crippen LogP contribution in [0.25, 0.3) is 0 Å². The molecule has 0 fully saturated rings. The molecule has 9 heteroatoms. The van der Waals surface area contributed by atoms with Crippen LogP contribution in [0.5, 0.6) is 11.5 Å². The number of benzene rings is 2. The molecule has 0 saturated heterocycles. The number of aryl methyl sites for hydroxylation is 1. The molecule has 9 nitrogen and oxygen atoms in total. The molecule has 0 saturated carbocycles. The Morgan fingerprint density at radius 2 is 1.91 bits per heavy atom. The smallest absolute Gasteiger partial charge is 0.311 e. The predicted molar refractivity (Wildman–Crippen MR) is 124 cm³/mol. The maximum Gasteiger partial charge on any atom is 0.311 e. The number of ether oxygens (including phenoxy) is 2. The number of nitrogens with zero attached hydrogens (tertiary/aromatic N) is 2. The van der Waals surface area contributed by atoms with Gasteiger partial charge < -0.3 is 19.7 Å². The van der Waals surface area contributed by atoms with Gasteiger partial charge >= 0.3 is 5.69 Å². The third-order valence-corrected chi connectivity index (χ3v) is 5.25. The van der Waals surface area contributed by atoms with E-state index in [1.807, 2.05) is 45.0 Å². The molecule has 0 bridgehead atoms. The minimum absolute atomic E-state index is 0.0343. The molecule has 2 aromatic carbocycles. The number of carbonyl (C=O) groups is 2. The highest BCUT2D eigenvalue weighted by Gasteiger charge is 2.29. The maximum absolute atomic E-state index is 13.2. The van der Waals surface area contributed by atoms with Gasteiger partial charge in [0, 0.05) is 25.2 Å². The zero-order valence-corrected chi connectivity index (χ0v) is 19.5. The number of nitro benzene ring substituents is 1. The lowest BCUT2D eigenvalue weighted by Crippen LogP contribution is -2.50. The Bertz CT molecular complexity index is 978. The molecule has 178 valence electrons. The Kier molecular flexibility index (Phi) is 9.65. The van der Waals surface area contributed by atoms with Crippen LogP contribution in [-0.2, 0) is 16.1 Å². The van der Waals surface area contributed by atoms with Crippen LogP contribution in [0.4, 0.5) is 5.69 Å². The molecule has 0 heterocycles. The number of amides is 2. The van der Waals surface area contributed by atoms with Crippen LogP contribution in [0.2, 0.25) is 0 Å². The van der Waals surface area contributed by atoms with Gasteiger partial charge in [0.25, 0.3) is 5.91 Å². The van der Waals surface area contributed by atoms with Crippen molar-refractivity contribution in [2.24, 2.45) is 0 Å². The quantitative estimate of drug-likeness (QED) is 0.385. The molecule has 33 heavy (non-hydrogen) atoms. The molecule has 2 aromatic rings. The van der Waals surface area contributed by atoms with Crippen LogP contribution in [0, 0.1) is 17.0 Å². The van der Waals surface area contributed by atoms with Gasteiger partial charge in [0.2, 0.25) is 11.7 Å². The van der Waals surface area contributed by atoms with E-state index in [1.54, 1.807) is 0 Å². The monoisotopic (exact) mass is 457 g/mol. The average molecular weight is 458 g/mol. The molecule has 0 aliphatic rings. The third-order valence-electron chi connectivity index (χ3n) is 5.25. The van der Waals surface area contributed by atoms with Gasteiger partial charge in [-0.15, -0.1) is 0 Å². The summed E-state index contributed by atoms with van der Waals surface area (Å²) < 4.78 is 10.7. The largest absolute Gasteiger partial charge is 0.490 e. The van der Waals surface area contributed by atoms with Gasteiger partial charge in [-0.1, -0.05) is 38.1 Å². The highest BCUT2D eigenvalue weighted by atomic mass is 16.6. The summed E-state index contributed by atoms with van der Waals surface area (Å²) in [5, 5.41) is 14.0. The molecule has 2 rings (SSSR count). The summed E-state index contributed by atoms with van der Waals surface area (Å²) in [7, 11) is 1.32. The first-order valence-corrected chi connectivity index (χ1v) is 10.9. The topological polar surface area (TPSA) is 111 Å². The summed E-state index contributed by atoms with van der Waals surface area (Å²) in [4.78, 5) is 38.1. The van der Waals surface area contributed by atoms with Crippen LogP contribution in [-0.4, -0.2) is 47.9 Å². The average Bonchev–Trinajstić information content (AvgIpc) is 2.81. The summed E-state index contributed by atoms with van der Waals surface area (Å²) in [5.74, 6) is -0.287. The first-order chi connectivity index (χ1) is 15.8.